The summed E-state index contributed by atoms with van der Waals surface area (Å²) in [6, 6.07) is 5.25. The van der Waals surface area contributed by atoms with Crippen LogP contribution >= 0.6 is 11.6 Å². The molecule has 2 rings (SSSR count). The molecule has 120 valence electrons. The number of hydrogen-bond donors (Lipinski definition) is 2. The number of carboxylic acid groups (broad SMARTS) is 1. The highest BCUT2D eigenvalue weighted by molar-refractivity contribution is 6.31. The second-order valence-corrected chi connectivity index (χ2v) is 4.92. The zero-order valence-electron chi connectivity index (χ0n) is 11.6. The van der Waals surface area contributed by atoms with Gasteiger partial charge in [-0.15, -0.1) is 0 Å². The van der Waals surface area contributed by atoms with E-state index in [2.05, 4.69) is 10.4 Å². The Morgan fingerprint density at radius 2 is 2.13 bits per heavy atom. The van der Waals surface area contributed by atoms with Crippen LogP contribution in [-0.4, -0.2) is 31.7 Å². The van der Waals surface area contributed by atoms with Gasteiger partial charge in [-0.25, -0.2) is 0 Å². The predicted octanol–water partition coefficient (Wildman–Crippen LogP) is 2.17. The van der Waals surface area contributed by atoms with Gasteiger partial charge in [-0.3, -0.25) is 24.4 Å². The van der Waals surface area contributed by atoms with Crippen LogP contribution in [0.2, 0.25) is 5.02 Å². The van der Waals surface area contributed by atoms with Gasteiger partial charge < -0.3 is 10.4 Å². The molecule has 0 spiro atoms. The van der Waals surface area contributed by atoms with Crippen LogP contribution < -0.4 is 5.32 Å². The molecule has 1 aromatic heterocycles. The number of carbonyl (C=O) groups is 2. The molecule has 1 heterocycles. The topological polar surface area (TPSA) is 127 Å². The molecule has 1 amide bonds. The summed E-state index contributed by atoms with van der Waals surface area (Å²) < 4.78 is 1.30. The van der Waals surface area contributed by atoms with Crippen LogP contribution in [0.3, 0.4) is 0 Å². The summed E-state index contributed by atoms with van der Waals surface area (Å²) in [6.45, 7) is 0.115. The first-order valence-corrected chi connectivity index (χ1v) is 6.75. The third kappa shape index (κ3) is 4.27. The number of nitro groups is 1. The maximum Gasteiger partial charge on any atom is 0.305 e. The van der Waals surface area contributed by atoms with Gasteiger partial charge in [0.1, 0.15) is 5.69 Å². The number of anilines is 1. The number of nitrogens with zero attached hydrogens (tertiary/aromatic N) is 3. The molecule has 9 nitrogen and oxygen atoms in total. The van der Waals surface area contributed by atoms with E-state index in [0.717, 1.165) is 6.07 Å². The Morgan fingerprint density at radius 1 is 1.39 bits per heavy atom. The highest BCUT2D eigenvalue weighted by atomic mass is 35.5. The number of hydrogen-bond acceptors (Lipinski definition) is 5. The Balaban J connectivity index is 2.13. The number of aryl methyl sites for hydroxylation is 1. The van der Waals surface area contributed by atoms with Gasteiger partial charge in [-0.1, -0.05) is 11.6 Å². The fraction of sp³-hybridized carbons (Fsp3) is 0.154. The number of carboxylic acids is 1. The molecule has 23 heavy (non-hydrogen) atoms. The minimum atomic E-state index is -0.983. The summed E-state index contributed by atoms with van der Waals surface area (Å²) in [4.78, 5) is 32.9. The van der Waals surface area contributed by atoms with E-state index in [4.69, 9.17) is 16.7 Å². The SMILES string of the molecule is O=C(O)CCn1ccc(C(=O)Nc2ccc(Cl)cc2[N+](=O)[O-])n1. The molecule has 10 heteroatoms. The maximum atomic E-state index is 12.1. The molecule has 0 aliphatic carbocycles. The fourth-order valence-electron chi connectivity index (χ4n) is 1.77. The molecule has 0 aliphatic rings. The van der Waals surface area contributed by atoms with Crippen molar-refractivity contribution < 1.29 is 19.6 Å². The molecule has 0 unspecified atom stereocenters. The molecule has 0 bridgehead atoms. The van der Waals surface area contributed by atoms with Crippen molar-refractivity contribution in [3.63, 3.8) is 0 Å². The fourth-order valence-corrected chi connectivity index (χ4v) is 1.93. The lowest BCUT2D eigenvalue weighted by Crippen LogP contribution is -2.15. The van der Waals surface area contributed by atoms with Gasteiger partial charge in [0.2, 0.25) is 0 Å². The number of nitrogens with one attached hydrogen (secondary N) is 1. The number of amides is 1. The van der Waals surface area contributed by atoms with Crippen molar-refractivity contribution >= 4 is 34.9 Å². The summed E-state index contributed by atoms with van der Waals surface area (Å²) in [5.41, 5.74) is -0.333. The minimum Gasteiger partial charge on any atom is -0.481 e. The van der Waals surface area contributed by atoms with Crippen molar-refractivity contribution in [3.8, 4) is 0 Å². The average Bonchev–Trinajstić information content (AvgIpc) is 2.95. The van der Waals surface area contributed by atoms with E-state index in [1.54, 1.807) is 0 Å². The van der Waals surface area contributed by atoms with E-state index in [-0.39, 0.29) is 35.1 Å². The standard InChI is InChI=1S/C13H11ClN4O5/c14-8-1-2-9(11(7-8)18(22)23)15-13(21)10-3-5-17(16-10)6-4-12(19)20/h1-3,5,7H,4,6H2,(H,15,21)(H,19,20). The Morgan fingerprint density at radius 3 is 2.78 bits per heavy atom. The van der Waals surface area contributed by atoms with Crippen molar-refractivity contribution in [1.29, 1.82) is 0 Å². The largest absolute Gasteiger partial charge is 0.481 e. The number of halogens is 1. The van der Waals surface area contributed by atoms with Crippen LogP contribution in [-0.2, 0) is 11.3 Å². The Hall–Kier alpha value is -2.94. The Bertz CT molecular complexity index is 773. The van der Waals surface area contributed by atoms with Crippen LogP contribution in [0, 0.1) is 10.1 Å². The molecule has 0 fully saturated rings. The smallest absolute Gasteiger partial charge is 0.305 e. The lowest BCUT2D eigenvalue weighted by Gasteiger charge is -2.04. The van der Waals surface area contributed by atoms with Crippen molar-refractivity contribution in [1.82, 2.24) is 9.78 Å². The van der Waals surface area contributed by atoms with Gasteiger partial charge in [-0.05, 0) is 18.2 Å². The molecule has 0 atom stereocenters. The number of aromatic nitrogens is 2. The van der Waals surface area contributed by atoms with Crippen LogP contribution in [0.5, 0.6) is 0 Å². The molecule has 0 aliphatic heterocycles. The molecule has 2 aromatic rings. The summed E-state index contributed by atoms with van der Waals surface area (Å²) in [7, 11) is 0. The lowest BCUT2D eigenvalue weighted by atomic mass is 10.2. The third-order valence-electron chi connectivity index (χ3n) is 2.83. The molecular formula is C13H11ClN4O5. The molecule has 0 radical (unpaired) electrons. The average molecular weight is 339 g/mol. The number of rotatable bonds is 6. The lowest BCUT2D eigenvalue weighted by molar-refractivity contribution is -0.383. The van der Waals surface area contributed by atoms with Crippen molar-refractivity contribution in [2.75, 3.05) is 5.32 Å². The van der Waals surface area contributed by atoms with E-state index < -0.39 is 16.8 Å². The van der Waals surface area contributed by atoms with E-state index >= 15 is 0 Å². The van der Waals surface area contributed by atoms with Gasteiger partial charge in [0.05, 0.1) is 17.9 Å². The second kappa shape index (κ2) is 6.88. The summed E-state index contributed by atoms with van der Waals surface area (Å²) in [5.74, 6) is -1.63. The van der Waals surface area contributed by atoms with Crippen LogP contribution in [0.15, 0.2) is 30.5 Å². The number of nitro benzene ring substituents is 1. The molecule has 2 N–H and O–H groups in total. The number of aliphatic carboxylic acids is 1. The van der Waals surface area contributed by atoms with Gasteiger partial charge in [0.25, 0.3) is 11.6 Å². The van der Waals surface area contributed by atoms with E-state index in [0.29, 0.717) is 0 Å². The molecule has 1 aromatic carbocycles. The third-order valence-corrected chi connectivity index (χ3v) is 3.07. The van der Waals surface area contributed by atoms with E-state index in [9.17, 15) is 19.7 Å². The van der Waals surface area contributed by atoms with Gasteiger partial charge in [0, 0.05) is 17.3 Å². The van der Waals surface area contributed by atoms with Gasteiger partial charge >= 0.3 is 5.97 Å². The second-order valence-electron chi connectivity index (χ2n) is 4.48. The number of benzene rings is 1. The molecular weight excluding hydrogens is 328 g/mol. The quantitative estimate of drug-likeness (QED) is 0.613. The molecule has 0 saturated heterocycles. The summed E-state index contributed by atoms with van der Waals surface area (Å²) in [6.07, 6.45) is 1.32. The predicted molar refractivity (Wildman–Crippen MR) is 80.5 cm³/mol. The van der Waals surface area contributed by atoms with Gasteiger partial charge in [-0.2, -0.15) is 5.10 Å². The Labute approximate surface area is 134 Å². The summed E-state index contributed by atoms with van der Waals surface area (Å²) in [5, 5.41) is 26.0. The van der Waals surface area contributed by atoms with Crippen LogP contribution in [0.1, 0.15) is 16.9 Å². The highest BCUT2D eigenvalue weighted by Gasteiger charge is 2.18. The van der Waals surface area contributed by atoms with Crippen LogP contribution in [0.4, 0.5) is 11.4 Å². The molecule has 0 saturated carbocycles. The van der Waals surface area contributed by atoms with Crippen molar-refractivity contribution in [3.05, 3.63) is 51.3 Å². The Kier molecular flexibility index (Phi) is 4.91. The first kappa shape index (κ1) is 16.4. The monoisotopic (exact) mass is 338 g/mol. The van der Waals surface area contributed by atoms with E-state index in [1.165, 1.54) is 29.1 Å². The van der Waals surface area contributed by atoms with Crippen molar-refractivity contribution in [2.45, 2.75) is 13.0 Å². The summed E-state index contributed by atoms with van der Waals surface area (Å²) >= 11 is 5.70. The van der Waals surface area contributed by atoms with Crippen LogP contribution in [0.25, 0.3) is 0 Å². The first-order chi connectivity index (χ1) is 10.9. The zero-order chi connectivity index (χ0) is 17.0. The number of carbonyl (C=O) groups excluding carboxylic acids is 1. The first-order valence-electron chi connectivity index (χ1n) is 6.37. The zero-order valence-corrected chi connectivity index (χ0v) is 12.4. The van der Waals surface area contributed by atoms with Gasteiger partial charge in [0.15, 0.2) is 5.69 Å². The highest BCUT2D eigenvalue weighted by Crippen LogP contribution is 2.28. The van der Waals surface area contributed by atoms with Crippen molar-refractivity contribution in [2.24, 2.45) is 0 Å². The normalized spacial score (nSPS) is 10.3. The van der Waals surface area contributed by atoms with E-state index in [1.807, 2.05) is 0 Å². The maximum absolute atomic E-state index is 12.1. The minimum absolute atomic E-state index is 0.00974.